The molecule has 0 spiro atoms. The summed E-state index contributed by atoms with van der Waals surface area (Å²) >= 11 is 17.7. The maximum absolute atomic E-state index is 6.44. The average molecular weight is 379 g/mol. The van der Waals surface area contributed by atoms with E-state index in [1.165, 1.54) is 0 Å². The van der Waals surface area contributed by atoms with Crippen molar-refractivity contribution in [3.05, 3.63) is 54.1 Å². The maximum atomic E-state index is 6.44. The van der Waals surface area contributed by atoms with Crippen LogP contribution < -0.4 is 5.32 Å². The molecule has 1 unspecified atom stereocenters. The summed E-state index contributed by atoms with van der Waals surface area (Å²) in [5.74, 6) is 0. The summed E-state index contributed by atoms with van der Waals surface area (Å²) in [6.07, 6.45) is 0. The van der Waals surface area contributed by atoms with E-state index in [-0.39, 0.29) is 6.04 Å². The minimum atomic E-state index is 0.0752. The molecule has 1 nitrogen and oxygen atoms in total. The van der Waals surface area contributed by atoms with Gasteiger partial charge in [-0.1, -0.05) is 48.3 Å². The fraction of sp³-hybridized carbons (Fsp3) is 0.286. The lowest BCUT2D eigenvalue weighted by molar-refractivity contribution is 0.639. The zero-order valence-electron chi connectivity index (χ0n) is 10.6. The average Bonchev–Trinajstić information content (AvgIpc) is 2.70. The highest BCUT2D eigenvalue weighted by molar-refractivity contribution is 9.11. The lowest BCUT2D eigenvalue weighted by Gasteiger charge is -2.19. The van der Waals surface area contributed by atoms with Gasteiger partial charge in [-0.25, -0.2) is 0 Å². The molecule has 19 heavy (non-hydrogen) atoms. The van der Waals surface area contributed by atoms with Gasteiger partial charge in [0.25, 0.3) is 0 Å². The SMILES string of the molecule is CCNC(c1cc(Cl)c(Br)s1)c1cccc(C)c1Cl. The van der Waals surface area contributed by atoms with Crippen LogP contribution in [0, 0.1) is 6.92 Å². The predicted octanol–water partition coefficient (Wildman–Crippen LogP) is 5.82. The van der Waals surface area contributed by atoms with Crippen LogP contribution in [0.3, 0.4) is 0 Å². The van der Waals surface area contributed by atoms with Crippen LogP contribution in [0.5, 0.6) is 0 Å². The summed E-state index contributed by atoms with van der Waals surface area (Å²) in [5, 5.41) is 5.03. The largest absolute Gasteiger partial charge is 0.306 e. The van der Waals surface area contributed by atoms with Gasteiger partial charge in [-0.05, 0) is 46.6 Å². The molecule has 2 rings (SSSR count). The summed E-state index contributed by atoms with van der Waals surface area (Å²) in [5.41, 5.74) is 2.18. The molecule has 0 bridgehead atoms. The molecule has 1 aromatic heterocycles. The second-order valence-electron chi connectivity index (χ2n) is 4.24. The molecule has 2 aromatic rings. The van der Waals surface area contributed by atoms with E-state index in [0.29, 0.717) is 0 Å². The van der Waals surface area contributed by atoms with Crippen molar-refractivity contribution < 1.29 is 0 Å². The van der Waals surface area contributed by atoms with Gasteiger partial charge >= 0.3 is 0 Å². The van der Waals surface area contributed by atoms with Crippen molar-refractivity contribution in [1.29, 1.82) is 0 Å². The number of aryl methyl sites for hydroxylation is 1. The fourth-order valence-electron chi connectivity index (χ4n) is 1.97. The minimum Gasteiger partial charge on any atom is -0.306 e. The van der Waals surface area contributed by atoms with E-state index < -0.39 is 0 Å². The number of rotatable bonds is 4. The normalized spacial score (nSPS) is 12.7. The molecule has 0 aliphatic rings. The van der Waals surface area contributed by atoms with E-state index in [2.05, 4.69) is 34.2 Å². The first-order valence-electron chi connectivity index (χ1n) is 5.97. The molecule has 5 heteroatoms. The van der Waals surface area contributed by atoms with Gasteiger partial charge in [0.15, 0.2) is 0 Å². The first-order chi connectivity index (χ1) is 9.04. The Morgan fingerprint density at radius 2 is 2.11 bits per heavy atom. The van der Waals surface area contributed by atoms with Crippen LogP contribution in [0.25, 0.3) is 0 Å². The fourth-order valence-corrected chi connectivity index (χ4v) is 4.04. The molecule has 1 aromatic carbocycles. The van der Waals surface area contributed by atoms with Crippen LogP contribution in [0.1, 0.15) is 29.0 Å². The Morgan fingerprint density at radius 1 is 1.37 bits per heavy atom. The highest BCUT2D eigenvalue weighted by Gasteiger charge is 2.20. The number of benzene rings is 1. The smallest absolute Gasteiger partial charge is 0.0888 e. The Labute approximate surface area is 136 Å². The Morgan fingerprint density at radius 3 is 2.68 bits per heavy atom. The van der Waals surface area contributed by atoms with Crippen LogP contribution in [0.2, 0.25) is 10.0 Å². The Hall–Kier alpha value is -0.0600. The summed E-state index contributed by atoms with van der Waals surface area (Å²) in [7, 11) is 0. The molecule has 102 valence electrons. The summed E-state index contributed by atoms with van der Waals surface area (Å²) in [4.78, 5) is 1.16. The molecular formula is C14H14BrCl2NS. The molecule has 0 fully saturated rings. The highest BCUT2D eigenvalue weighted by Crippen LogP contribution is 2.39. The van der Waals surface area contributed by atoms with Crippen molar-refractivity contribution in [2.45, 2.75) is 19.9 Å². The van der Waals surface area contributed by atoms with E-state index in [1.54, 1.807) is 11.3 Å². The molecule has 0 radical (unpaired) electrons. The molecule has 0 aliphatic carbocycles. The van der Waals surface area contributed by atoms with Crippen molar-refractivity contribution in [1.82, 2.24) is 5.32 Å². The van der Waals surface area contributed by atoms with Crippen molar-refractivity contribution in [3.8, 4) is 0 Å². The number of hydrogen-bond acceptors (Lipinski definition) is 2. The van der Waals surface area contributed by atoms with Gasteiger partial charge in [-0.2, -0.15) is 0 Å². The standard InChI is InChI=1S/C14H14BrCl2NS/c1-3-18-13(11-7-10(16)14(15)19-11)9-6-4-5-8(2)12(9)17/h4-7,13,18H,3H2,1-2H3. The lowest BCUT2D eigenvalue weighted by Crippen LogP contribution is -2.21. The third-order valence-corrected chi connectivity index (χ3v) is 5.95. The summed E-state index contributed by atoms with van der Waals surface area (Å²) in [6, 6.07) is 8.18. The molecule has 0 saturated heterocycles. The van der Waals surface area contributed by atoms with E-state index >= 15 is 0 Å². The minimum absolute atomic E-state index is 0.0752. The Balaban J connectivity index is 2.48. The number of nitrogens with one attached hydrogen (secondary N) is 1. The van der Waals surface area contributed by atoms with Crippen molar-refractivity contribution in [3.63, 3.8) is 0 Å². The molecule has 0 saturated carbocycles. The van der Waals surface area contributed by atoms with Gasteiger partial charge in [0.05, 0.1) is 14.9 Å². The maximum Gasteiger partial charge on any atom is 0.0888 e. The molecule has 1 atom stereocenters. The van der Waals surface area contributed by atoms with Crippen molar-refractivity contribution in [2.75, 3.05) is 6.54 Å². The van der Waals surface area contributed by atoms with E-state index in [9.17, 15) is 0 Å². The second kappa shape index (κ2) is 6.59. The van der Waals surface area contributed by atoms with Gasteiger partial charge in [-0.3, -0.25) is 0 Å². The third-order valence-electron chi connectivity index (χ3n) is 2.89. The van der Waals surface area contributed by atoms with Crippen molar-refractivity contribution >= 4 is 50.5 Å². The first kappa shape index (κ1) is 15.3. The van der Waals surface area contributed by atoms with Crippen molar-refractivity contribution in [2.24, 2.45) is 0 Å². The highest BCUT2D eigenvalue weighted by atomic mass is 79.9. The topological polar surface area (TPSA) is 12.0 Å². The molecule has 1 heterocycles. The van der Waals surface area contributed by atoms with Gasteiger partial charge in [0.1, 0.15) is 0 Å². The van der Waals surface area contributed by atoms with Crippen LogP contribution >= 0.6 is 50.5 Å². The Bertz CT molecular complexity index is 563. The predicted molar refractivity (Wildman–Crippen MR) is 88.7 cm³/mol. The zero-order chi connectivity index (χ0) is 14.0. The molecular weight excluding hydrogens is 365 g/mol. The van der Waals surface area contributed by atoms with E-state index in [0.717, 1.165) is 36.4 Å². The monoisotopic (exact) mass is 377 g/mol. The number of halogens is 3. The molecule has 1 N–H and O–H groups in total. The Kier molecular flexibility index (Phi) is 5.32. The van der Waals surface area contributed by atoms with Crippen LogP contribution in [-0.4, -0.2) is 6.54 Å². The van der Waals surface area contributed by atoms with Crippen LogP contribution in [-0.2, 0) is 0 Å². The van der Waals surface area contributed by atoms with Crippen LogP contribution in [0.4, 0.5) is 0 Å². The molecule has 0 amide bonds. The zero-order valence-corrected chi connectivity index (χ0v) is 14.6. The second-order valence-corrected chi connectivity index (χ2v) is 7.43. The first-order valence-corrected chi connectivity index (χ1v) is 8.34. The number of hydrogen-bond donors (Lipinski definition) is 1. The lowest BCUT2D eigenvalue weighted by atomic mass is 10.0. The van der Waals surface area contributed by atoms with Gasteiger partial charge in [0, 0.05) is 9.90 Å². The number of thiophene rings is 1. The van der Waals surface area contributed by atoms with E-state index in [1.807, 2.05) is 25.1 Å². The van der Waals surface area contributed by atoms with Gasteiger partial charge in [-0.15, -0.1) is 11.3 Å². The third kappa shape index (κ3) is 3.34. The van der Waals surface area contributed by atoms with E-state index in [4.69, 9.17) is 23.2 Å². The van der Waals surface area contributed by atoms with Crippen LogP contribution in [0.15, 0.2) is 28.1 Å². The van der Waals surface area contributed by atoms with Gasteiger partial charge < -0.3 is 5.32 Å². The summed E-state index contributed by atoms with van der Waals surface area (Å²) < 4.78 is 0.954. The van der Waals surface area contributed by atoms with Gasteiger partial charge in [0.2, 0.25) is 0 Å². The molecule has 0 aliphatic heterocycles. The quantitative estimate of drug-likeness (QED) is 0.706. The summed E-state index contributed by atoms with van der Waals surface area (Å²) in [6.45, 7) is 4.97.